The summed E-state index contributed by atoms with van der Waals surface area (Å²) in [5.41, 5.74) is 4.62. The molecule has 0 atom stereocenters. The number of anilines is 1. The molecule has 3 nitrogen and oxygen atoms in total. The number of aromatic nitrogens is 2. The molecule has 2 aliphatic rings. The van der Waals surface area contributed by atoms with E-state index in [4.69, 9.17) is 5.73 Å². The number of hydrogen-bond acceptors (Lipinski definition) is 3. The number of nitrogen functional groups attached to an aromatic ring is 1. The smallest absolute Gasteiger partial charge is 0.396 e. The predicted molar refractivity (Wildman–Crippen MR) is 112 cm³/mol. The second kappa shape index (κ2) is 8.54. The molecule has 0 amide bonds. The van der Waals surface area contributed by atoms with E-state index in [1.165, 1.54) is 0 Å². The summed E-state index contributed by atoms with van der Waals surface area (Å²) in [5, 5.41) is 0. The molecule has 164 valence electrons. The van der Waals surface area contributed by atoms with Gasteiger partial charge in [0.15, 0.2) is 5.82 Å². The summed E-state index contributed by atoms with van der Waals surface area (Å²) in [7, 11) is 0. The van der Waals surface area contributed by atoms with Crippen LogP contribution in [0.2, 0.25) is 0 Å². The summed E-state index contributed by atoms with van der Waals surface area (Å²) in [6, 6.07) is 1.73. The van der Waals surface area contributed by atoms with Crippen LogP contribution in [0.5, 0.6) is 0 Å². The van der Waals surface area contributed by atoms with Crippen LogP contribution in [0.15, 0.2) is 12.1 Å². The molecule has 2 aliphatic carbocycles. The predicted octanol–water partition coefficient (Wildman–Crippen LogP) is 6.89. The van der Waals surface area contributed by atoms with Crippen molar-refractivity contribution in [1.82, 2.24) is 9.97 Å². The van der Waals surface area contributed by atoms with Crippen LogP contribution in [0.4, 0.5) is 36.4 Å². The molecule has 2 saturated carbocycles. The lowest BCUT2D eigenvalue weighted by atomic mass is 10.2. The van der Waals surface area contributed by atoms with Crippen molar-refractivity contribution in [3.63, 3.8) is 0 Å². The van der Waals surface area contributed by atoms with Gasteiger partial charge in [0.25, 0.3) is 0 Å². The Balaban J connectivity index is 0.000000171. The van der Waals surface area contributed by atoms with E-state index in [1.807, 2.05) is 22.6 Å². The van der Waals surface area contributed by atoms with E-state index in [1.54, 1.807) is 22.6 Å². The number of rotatable bonds is 2. The Labute approximate surface area is 194 Å². The zero-order chi connectivity index (χ0) is 22.4. The first-order valence-corrected chi connectivity index (χ1v) is 10.9. The fourth-order valence-electron chi connectivity index (χ4n) is 2.64. The highest BCUT2D eigenvalue weighted by molar-refractivity contribution is 14.1. The molecule has 12 heteroatoms. The van der Waals surface area contributed by atoms with Crippen molar-refractivity contribution in [3.8, 4) is 0 Å². The molecule has 0 aromatic carbocycles. The molecular formula is C18H14F7I2N3. The van der Waals surface area contributed by atoms with E-state index in [2.05, 4.69) is 9.97 Å². The van der Waals surface area contributed by atoms with Gasteiger partial charge in [-0.15, -0.1) is 0 Å². The third kappa shape index (κ3) is 5.65. The lowest BCUT2D eigenvalue weighted by molar-refractivity contribution is -0.142. The van der Waals surface area contributed by atoms with Crippen molar-refractivity contribution >= 4 is 50.9 Å². The first kappa shape index (κ1) is 23.7. The number of nitrogens with zero attached hydrogens (tertiary/aromatic N) is 2. The molecule has 2 fully saturated rings. The van der Waals surface area contributed by atoms with E-state index in [0.29, 0.717) is 15.0 Å². The molecule has 0 spiro atoms. The first-order chi connectivity index (χ1) is 13.8. The summed E-state index contributed by atoms with van der Waals surface area (Å²) in [6.07, 6.45) is -5.68. The zero-order valence-corrected chi connectivity index (χ0v) is 19.3. The third-order valence-corrected chi connectivity index (χ3v) is 6.16. The van der Waals surface area contributed by atoms with Gasteiger partial charge in [-0.3, -0.25) is 0 Å². The van der Waals surface area contributed by atoms with Crippen LogP contribution >= 0.6 is 45.2 Å². The molecular weight excluding hydrogens is 645 g/mol. The van der Waals surface area contributed by atoms with Crippen molar-refractivity contribution < 1.29 is 30.7 Å². The second-order valence-electron chi connectivity index (χ2n) is 7.02. The minimum absolute atomic E-state index is 0.0168. The first-order valence-electron chi connectivity index (χ1n) is 8.75. The van der Waals surface area contributed by atoms with Gasteiger partial charge < -0.3 is 5.73 Å². The Bertz CT molecular complexity index is 875. The summed E-state index contributed by atoms with van der Waals surface area (Å²) in [6.45, 7) is 0. The van der Waals surface area contributed by atoms with Crippen molar-refractivity contribution in [3.05, 3.63) is 47.9 Å². The van der Waals surface area contributed by atoms with Crippen molar-refractivity contribution in [2.45, 2.75) is 49.9 Å². The molecule has 2 aromatic rings. The summed E-state index contributed by atoms with van der Waals surface area (Å²) < 4.78 is 88.3. The van der Waals surface area contributed by atoms with Gasteiger partial charge >= 0.3 is 12.4 Å². The van der Waals surface area contributed by atoms with E-state index < -0.39 is 29.6 Å². The highest BCUT2D eigenvalue weighted by Gasteiger charge is 2.38. The maximum absolute atomic E-state index is 13.4. The van der Waals surface area contributed by atoms with Crippen LogP contribution in [0, 0.1) is 13.0 Å². The second-order valence-corrected chi connectivity index (χ2v) is 9.35. The normalized spacial score (nSPS) is 16.8. The van der Waals surface area contributed by atoms with Crippen LogP contribution in [0.25, 0.3) is 0 Å². The number of halogens is 9. The summed E-state index contributed by atoms with van der Waals surface area (Å²) in [4.78, 5) is 6.97. The van der Waals surface area contributed by atoms with Gasteiger partial charge in [0.05, 0.1) is 20.6 Å². The van der Waals surface area contributed by atoms with Gasteiger partial charge in [0.2, 0.25) is 0 Å². The Hall–Kier alpha value is -0.930. The number of pyridine rings is 2. The maximum atomic E-state index is 13.4. The molecule has 2 N–H and O–H groups in total. The minimum Gasteiger partial charge on any atom is -0.396 e. The van der Waals surface area contributed by atoms with Gasteiger partial charge in [-0.2, -0.15) is 26.3 Å². The van der Waals surface area contributed by atoms with Crippen molar-refractivity contribution in [2.75, 3.05) is 5.73 Å². The quantitative estimate of drug-likeness (QED) is 0.283. The van der Waals surface area contributed by atoms with Crippen LogP contribution < -0.4 is 5.73 Å². The van der Waals surface area contributed by atoms with Gasteiger partial charge in [-0.1, -0.05) is 0 Å². The zero-order valence-electron chi connectivity index (χ0n) is 15.0. The standard InChI is InChI=1S/C9H6F4IN.C9H8F3IN2/c10-7-5(14)3-6(9(11,12)13)15-8(7)4-1-2-4;10-9(11,12)6-3-5(13)7(14)8(15-6)4-1-2-4/h3-4H,1-2H2;3-4H,1-2,14H2. The monoisotopic (exact) mass is 659 g/mol. The topological polar surface area (TPSA) is 51.8 Å². The molecule has 0 radical (unpaired) electrons. The van der Waals surface area contributed by atoms with Crippen molar-refractivity contribution in [1.29, 1.82) is 0 Å². The highest BCUT2D eigenvalue weighted by atomic mass is 127. The Kier molecular flexibility index (Phi) is 6.76. The van der Waals surface area contributed by atoms with Crippen LogP contribution in [-0.2, 0) is 12.4 Å². The molecule has 0 bridgehead atoms. The fourth-order valence-corrected chi connectivity index (χ4v) is 3.79. The maximum Gasteiger partial charge on any atom is 0.433 e. The fraction of sp³-hybridized carbons (Fsp3) is 0.444. The molecule has 0 aliphatic heterocycles. The van der Waals surface area contributed by atoms with E-state index >= 15 is 0 Å². The Morgan fingerprint density at radius 1 is 0.767 bits per heavy atom. The SMILES string of the molecule is Fc1c(I)cc(C(F)(F)F)nc1C1CC1.Nc1c(I)cc(C(F)(F)F)nc1C1CC1. The molecule has 0 unspecified atom stereocenters. The Morgan fingerprint density at radius 3 is 1.60 bits per heavy atom. The van der Waals surface area contributed by atoms with E-state index in [9.17, 15) is 30.7 Å². The van der Waals surface area contributed by atoms with Gasteiger partial charge in [0.1, 0.15) is 11.4 Å². The van der Waals surface area contributed by atoms with Crippen molar-refractivity contribution in [2.24, 2.45) is 0 Å². The average molecular weight is 659 g/mol. The lowest BCUT2D eigenvalue weighted by Crippen LogP contribution is -2.12. The van der Waals surface area contributed by atoms with Crippen LogP contribution in [-0.4, -0.2) is 9.97 Å². The minimum atomic E-state index is -4.50. The van der Waals surface area contributed by atoms with E-state index in [0.717, 1.165) is 37.8 Å². The molecule has 4 rings (SSSR count). The third-order valence-electron chi connectivity index (χ3n) is 4.49. The molecule has 30 heavy (non-hydrogen) atoms. The van der Waals surface area contributed by atoms with E-state index in [-0.39, 0.29) is 21.1 Å². The number of hydrogen-bond donors (Lipinski definition) is 1. The lowest BCUT2D eigenvalue weighted by Gasteiger charge is -2.11. The van der Waals surface area contributed by atoms with Gasteiger partial charge in [-0.25, -0.2) is 14.4 Å². The average Bonchev–Trinajstić information content (AvgIpc) is 3.51. The van der Waals surface area contributed by atoms with Crippen LogP contribution in [0.3, 0.4) is 0 Å². The molecule has 2 heterocycles. The number of alkyl halides is 6. The summed E-state index contributed by atoms with van der Waals surface area (Å²) >= 11 is 3.37. The van der Waals surface area contributed by atoms with Gasteiger partial charge in [0, 0.05) is 15.4 Å². The molecule has 0 saturated heterocycles. The van der Waals surface area contributed by atoms with Crippen LogP contribution in [0.1, 0.15) is 60.3 Å². The van der Waals surface area contributed by atoms with Gasteiger partial charge in [-0.05, 0) is 83.0 Å². The Morgan fingerprint density at radius 2 is 1.17 bits per heavy atom. The number of nitrogens with two attached hydrogens (primary N) is 1. The molecule has 2 aromatic heterocycles. The largest absolute Gasteiger partial charge is 0.433 e. The highest BCUT2D eigenvalue weighted by Crippen LogP contribution is 2.44. The summed E-state index contributed by atoms with van der Waals surface area (Å²) in [5.74, 6) is -0.604.